The van der Waals surface area contributed by atoms with Crippen molar-refractivity contribution in [3.8, 4) is 0 Å². The molecular formula is C25H38O5. The molecule has 0 aromatic carbocycles. The van der Waals surface area contributed by atoms with Gasteiger partial charge in [-0.25, -0.2) is 0 Å². The third kappa shape index (κ3) is 5.16. The Morgan fingerprint density at radius 3 is 3.07 bits per heavy atom. The van der Waals surface area contributed by atoms with Gasteiger partial charge in [-0.2, -0.15) is 0 Å². The van der Waals surface area contributed by atoms with Crippen LogP contribution in [-0.2, 0) is 19.1 Å². The quantitative estimate of drug-likeness (QED) is 0.590. The smallest absolute Gasteiger partial charge is 0.311 e. The highest BCUT2D eigenvalue weighted by atomic mass is 16.6. The second kappa shape index (κ2) is 9.25. The lowest BCUT2D eigenvalue weighted by molar-refractivity contribution is -0.166. The number of hydrogen-bond donors (Lipinski definition) is 1. The highest BCUT2D eigenvalue weighted by Gasteiger charge is 2.43. The molecule has 2 unspecified atom stereocenters. The number of cyclic esters (lactones) is 1. The summed E-state index contributed by atoms with van der Waals surface area (Å²) in [5.74, 6) is -12.6. The van der Waals surface area contributed by atoms with Crippen molar-refractivity contribution in [2.45, 2.75) is 91.1 Å². The van der Waals surface area contributed by atoms with Crippen LogP contribution in [0.2, 0.25) is 0 Å². The molecule has 3 rings (SSSR count). The normalized spacial score (nSPS) is 56.3. The molecule has 1 fully saturated rings. The van der Waals surface area contributed by atoms with E-state index in [1.54, 1.807) is 0 Å². The van der Waals surface area contributed by atoms with Crippen LogP contribution >= 0.6 is 0 Å². The summed E-state index contributed by atoms with van der Waals surface area (Å²) in [6, 6.07) is -3.04. The summed E-state index contributed by atoms with van der Waals surface area (Å²) in [6.45, 7) is -8.72. The number of esters is 2. The third-order valence-corrected chi connectivity index (χ3v) is 5.53. The van der Waals surface area contributed by atoms with Gasteiger partial charge < -0.3 is 14.6 Å². The Balaban J connectivity index is 2.32. The molecule has 0 amide bonds. The Hall–Kier alpha value is -1.62. The van der Waals surface area contributed by atoms with Gasteiger partial charge in [0.2, 0.25) is 1.43 Å². The van der Waals surface area contributed by atoms with Crippen LogP contribution in [0.1, 0.15) is 97.5 Å². The number of hydrogen-bond acceptors (Lipinski definition) is 5. The minimum atomic E-state index is -3.72. The molecule has 30 heavy (non-hydrogen) atoms. The van der Waals surface area contributed by atoms with Gasteiger partial charge in [-0.15, -0.1) is 0 Å². The molecule has 0 aromatic rings. The SMILES string of the molecule is [2H]O[C@@H]1CC(CC[C@@H]2[C@@H]3C(=C([2H])[C@]([2H])(C([2H])([2H])[2H])C([2H])([2H])C3OC(=O)C(CC)(C([2H])([2H])[2H])C([2H])([2H])[2H])C([2H])=C([2H])[C@]2([2H])C)OC(=O)C1([2H])[2H]. The van der Waals surface area contributed by atoms with Crippen LogP contribution in [0.4, 0.5) is 0 Å². The van der Waals surface area contributed by atoms with Gasteiger partial charge >= 0.3 is 11.9 Å². The lowest BCUT2D eigenvalue weighted by Gasteiger charge is -2.44. The molecule has 168 valence electrons. The zero-order valence-electron chi connectivity index (χ0n) is 35.8. The molecule has 5 nitrogen and oxygen atoms in total. The molecule has 3 aliphatic rings. The van der Waals surface area contributed by atoms with Crippen LogP contribution < -0.4 is 0 Å². The fourth-order valence-corrected chi connectivity index (χ4v) is 3.76. The molecule has 0 aromatic heterocycles. The van der Waals surface area contributed by atoms with Gasteiger partial charge in [0.1, 0.15) is 12.2 Å². The predicted octanol–water partition coefficient (Wildman–Crippen LogP) is 4.59. The summed E-state index contributed by atoms with van der Waals surface area (Å²) in [6.07, 6.45) is -13.7. The number of fused-ring (bicyclic) bond motifs is 1. The number of allylic oxidation sites excluding steroid dienone is 3. The minimum absolute atomic E-state index is 0.295. The number of aliphatic hydroxyl groups excluding tert-OH is 1. The van der Waals surface area contributed by atoms with Crippen molar-refractivity contribution in [2.75, 3.05) is 0 Å². The van der Waals surface area contributed by atoms with Crippen LogP contribution in [0.3, 0.4) is 0 Å². The van der Waals surface area contributed by atoms with Gasteiger partial charge in [-0.05, 0) is 62.6 Å². The molecule has 5 heteroatoms. The Labute approximate surface area is 207 Å². The van der Waals surface area contributed by atoms with Crippen molar-refractivity contribution >= 4 is 11.9 Å². The van der Waals surface area contributed by atoms with Crippen molar-refractivity contribution in [3.05, 3.63) is 23.7 Å². The first kappa shape index (κ1) is 8.73. The van der Waals surface area contributed by atoms with E-state index >= 15 is 0 Å². The van der Waals surface area contributed by atoms with E-state index in [0.717, 1.165) is 13.8 Å². The first-order chi connectivity index (χ1) is 21.8. The van der Waals surface area contributed by atoms with Crippen molar-refractivity contribution in [2.24, 2.45) is 29.0 Å². The predicted molar refractivity (Wildman–Crippen MR) is 115 cm³/mol. The van der Waals surface area contributed by atoms with E-state index in [0.29, 0.717) is 0 Å². The maximum atomic E-state index is 13.9. The number of carbonyl (C=O) groups is 2. The molecule has 1 aliphatic heterocycles. The lowest BCUT2D eigenvalue weighted by Crippen LogP contribution is -2.43. The van der Waals surface area contributed by atoms with Gasteiger partial charge in [-0.3, -0.25) is 9.59 Å². The van der Waals surface area contributed by atoms with Crippen LogP contribution in [0.15, 0.2) is 23.7 Å². The zero-order chi connectivity index (χ0) is 38.3. The Morgan fingerprint density at radius 2 is 2.37 bits per heavy atom. The van der Waals surface area contributed by atoms with E-state index in [-0.39, 0.29) is 12.8 Å². The molecule has 7 atom stereocenters. The third-order valence-electron chi connectivity index (χ3n) is 5.53. The van der Waals surface area contributed by atoms with E-state index in [4.69, 9.17) is 35.6 Å². The first-order valence-corrected chi connectivity index (χ1v) is 9.79. The highest BCUT2D eigenvalue weighted by Crippen LogP contribution is 2.45. The topological polar surface area (TPSA) is 72.8 Å². The van der Waals surface area contributed by atoms with Gasteiger partial charge in [-0.1, -0.05) is 38.9 Å². The highest BCUT2D eigenvalue weighted by molar-refractivity contribution is 5.76. The molecular weight excluding hydrogens is 380 g/mol. The Bertz CT molecular complexity index is 1380. The van der Waals surface area contributed by atoms with Gasteiger partial charge in [0.15, 0.2) is 0 Å². The number of carbonyl (C=O) groups excluding carboxylic acids is 2. The molecule has 0 bridgehead atoms. The Kier molecular flexibility index (Phi) is 2.69. The first-order valence-electron chi connectivity index (χ1n) is 19.2. The fraction of sp³-hybridized carbons (Fsp3) is 0.760. The monoisotopic (exact) mass is 437 g/mol. The van der Waals surface area contributed by atoms with Gasteiger partial charge in [0.25, 0.3) is 0 Å². The lowest BCUT2D eigenvalue weighted by atomic mass is 9.65. The van der Waals surface area contributed by atoms with Gasteiger partial charge in [0.05, 0.1) is 22.0 Å². The summed E-state index contributed by atoms with van der Waals surface area (Å²) in [5, 5.41) is 4.38. The van der Waals surface area contributed by atoms with Crippen LogP contribution in [0.5, 0.6) is 0 Å². The van der Waals surface area contributed by atoms with Crippen LogP contribution in [0.25, 0.3) is 0 Å². The van der Waals surface area contributed by atoms with Gasteiger partial charge in [0, 0.05) is 32.9 Å². The molecule has 0 saturated carbocycles. The summed E-state index contributed by atoms with van der Waals surface area (Å²) in [5.41, 5.74) is -4.05. The largest absolute Gasteiger partial charge is 0.462 e. The van der Waals surface area contributed by atoms with Crippen LogP contribution in [0, 0.1) is 29.0 Å². The molecule has 1 heterocycles. The minimum Gasteiger partial charge on any atom is -0.462 e. The van der Waals surface area contributed by atoms with E-state index in [1.807, 2.05) is 0 Å². The average Bonchev–Trinajstić information content (AvgIpc) is 2.92. The Morgan fingerprint density at radius 1 is 1.53 bits per heavy atom. The van der Waals surface area contributed by atoms with Crippen molar-refractivity contribution < 1.29 is 48.8 Å². The van der Waals surface area contributed by atoms with E-state index in [1.165, 1.54) is 0 Å². The molecule has 0 spiro atoms. The second-order valence-corrected chi connectivity index (χ2v) is 7.68. The van der Waals surface area contributed by atoms with E-state index in [2.05, 4.69) is 5.11 Å². The average molecular weight is 438 g/mol. The second-order valence-electron chi connectivity index (χ2n) is 7.68. The van der Waals surface area contributed by atoms with Crippen molar-refractivity contribution in [1.82, 2.24) is 0 Å². The number of ether oxygens (including phenoxy) is 2. The van der Waals surface area contributed by atoms with E-state index < -0.39 is 129 Å². The standard InChI is InChI=1S/C25H38O5/c1-6-25(4,5)24(28)30-21-12-15(2)11-17-8-7-16(3)20(23(17)21)10-9-19-13-18(26)14-22(27)29-19/h7-8,11,15-16,18-21,23,26H,6,9-10,12-14H2,1-5H3/t15-,16-,18+,19?,20-,21?,23-/m0/s1/i2D3,4D3,5D3,7D,8D,11D,12D2,14D2,15D,16D,26D. The number of aliphatic hydroxyl groups is 1. The van der Waals surface area contributed by atoms with Crippen LogP contribution in [-0.4, -0.2) is 36.8 Å². The zero-order valence-corrected chi connectivity index (χ0v) is 16.8. The molecule has 1 N–H and O–H groups in total. The molecule has 2 aliphatic carbocycles. The van der Waals surface area contributed by atoms with Crippen molar-refractivity contribution in [3.63, 3.8) is 0 Å². The molecule has 1 saturated heterocycles. The van der Waals surface area contributed by atoms with E-state index in [9.17, 15) is 9.59 Å². The maximum absolute atomic E-state index is 13.9. The number of rotatable bonds is 7. The summed E-state index contributed by atoms with van der Waals surface area (Å²) in [4.78, 5) is 26.3. The summed E-state index contributed by atoms with van der Waals surface area (Å²) >= 11 is 0. The van der Waals surface area contributed by atoms with Crippen molar-refractivity contribution in [1.29, 1.82) is 1.43 Å². The fourth-order valence-electron chi connectivity index (χ4n) is 3.76. The molecule has 0 radical (unpaired) electrons. The summed E-state index contributed by atoms with van der Waals surface area (Å²) in [7, 11) is 0. The summed E-state index contributed by atoms with van der Waals surface area (Å²) < 4.78 is 168. The maximum Gasteiger partial charge on any atom is 0.311 e.